The maximum Gasteiger partial charge on any atom is 0.307 e. The van der Waals surface area contributed by atoms with Gasteiger partial charge in [0.25, 0.3) is 0 Å². The van der Waals surface area contributed by atoms with Crippen LogP contribution < -0.4 is 5.73 Å². The van der Waals surface area contributed by atoms with Gasteiger partial charge in [0.1, 0.15) is 0 Å². The van der Waals surface area contributed by atoms with Crippen LogP contribution in [0.15, 0.2) is 0 Å². The lowest BCUT2D eigenvalue weighted by Crippen LogP contribution is -2.48. The van der Waals surface area contributed by atoms with E-state index in [9.17, 15) is 4.79 Å². The van der Waals surface area contributed by atoms with Crippen LogP contribution in [0.2, 0.25) is 0 Å². The fourth-order valence-electron chi connectivity index (χ4n) is 2.18. The first-order valence-corrected chi connectivity index (χ1v) is 5.73. The zero-order valence-electron chi connectivity index (χ0n) is 9.74. The predicted molar refractivity (Wildman–Crippen MR) is 59.5 cm³/mol. The molecule has 0 bridgehead atoms. The van der Waals surface area contributed by atoms with Crippen LogP contribution in [0.5, 0.6) is 0 Å². The second kappa shape index (κ2) is 6.08. The third-order valence-electron chi connectivity index (χ3n) is 3.11. The molecule has 1 saturated heterocycles. The molecule has 1 aliphatic heterocycles. The van der Waals surface area contributed by atoms with Gasteiger partial charge in [0.15, 0.2) is 0 Å². The summed E-state index contributed by atoms with van der Waals surface area (Å²) in [6.45, 7) is 4.08. The van der Waals surface area contributed by atoms with Gasteiger partial charge in [-0.05, 0) is 25.8 Å². The first-order valence-electron chi connectivity index (χ1n) is 5.73. The molecule has 1 aliphatic rings. The van der Waals surface area contributed by atoms with Gasteiger partial charge in [0, 0.05) is 18.6 Å². The lowest BCUT2D eigenvalue weighted by Gasteiger charge is -2.36. The molecule has 0 saturated carbocycles. The summed E-state index contributed by atoms with van der Waals surface area (Å²) >= 11 is 0. The lowest BCUT2D eigenvalue weighted by atomic mass is 10.0. The van der Waals surface area contributed by atoms with Crippen LogP contribution in [-0.4, -0.2) is 43.2 Å². The minimum absolute atomic E-state index is 0.124. The van der Waals surface area contributed by atoms with E-state index in [4.69, 9.17) is 10.5 Å². The molecule has 0 spiro atoms. The number of ether oxygens (including phenoxy) is 1. The molecule has 2 atom stereocenters. The van der Waals surface area contributed by atoms with Crippen LogP contribution >= 0.6 is 0 Å². The molecule has 1 heterocycles. The molecule has 4 heteroatoms. The Morgan fingerprint density at radius 3 is 2.93 bits per heavy atom. The van der Waals surface area contributed by atoms with Crippen LogP contribution in [-0.2, 0) is 9.53 Å². The second-order valence-electron chi connectivity index (χ2n) is 4.24. The number of carbonyl (C=O) groups is 1. The van der Waals surface area contributed by atoms with Gasteiger partial charge in [-0.2, -0.15) is 0 Å². The fraction of sp³-hybridized carbons (Fsp3) is 0.909. The van der Waals surface area contributed by atoms with Crippen molar-refractivity contribution in [2.24, 2.45) is 5.73 Å². The van der Waals surface area contributed by atoms with E-state index < -0.39 is 0 Å². The third-order valence-corrected chi connectivity index (χ3v) is 3.11. The number of methoxy groups -OCH3 is 1. The molecule has 88 valence electrons. The largest absolute Gasteiger partial charge is 0.469 e. The van der Waals surface area contributed by atoms with Crippen molar-refractivity contribution in [3.8, 4) is 0 Å². The molecule has 0 radical (unpaired) electrons. The van der Waals surface area contributed by atoms with Gasteiger partial charge in [-0.25, -0.2) is 0 Å². The molecule has 2 unspecified atom stereocenters. The monoisotopic (exact) mass is 214 g/mol. The van der Waals surface area contributed by atoms with Gasteiger partial charge in [-0.1, -0.05) is 6.92 Å². The van der Waals surface area contributed by atoms with Crippen molar-refractivity contribution < 1.29 is 9.53 Å². The van der Waals surface area contributed by atoms with E-state index >= 15 is 0 Å². The quantitative estimate of drug-likeness (QED) is 0.702. The average Bonchev–Trinajstić information content (AvgIpc) is 2.25. The molecule has 0 aromatic rings. The predicted octanol–water partition coefficient (Wildman–Crippen LogP) is 0.751. The summed E-state index contributed by atoms with van der Waals surface area (Å²) in [4.78, 5) is 13.5. The van der Waals surface area contributed by atoms with Crippen molar-refractivity contribution in [3.05, 3.63) is 0 Å². The van der Waals surface area contributed by atoms with Gasteiger partial charge in [0.05, 0.1) is 13.5 Å². The highest BCUT2D eigenvalue weighted by atomic mass is 16.5. The molecule has 1 rings (SSSR count). The molecular weight excluding hydrogens is 192 g/mol. The van der Waals surface area contributed by atoms with E-state index in [1.165, 1.54) is 7.11 Å². The number of esters is 1. The Bertz CT molecular complexity index is 209. The first kappa shape index (κ1) is 12.5. The summed E-state index contributed by atoms with van der Waals surface area (Å²) < 4.78 is 4.70. The van der Waals surface area contributed by atoms with Gasteiger partial charge in [0.2, 0.25) is 0 Å². The maximum absolute atomic E-state index is 11.2. The number of hydrogen-bond acceptors (Lipinski definition) is 4. The Morgan fingerprint density at radius 2 is 2.40 bits per heavy atom. The topological polar surface area (TPSA) is 55.6 Å². The van der Waals surface area contributed by atoms with Crippen molar-refractivity contribution >= 4 is 5.97 Å². The second-order valence-corrected chi connectivity index (χ2v) is 4.24. The van der Waals surface area contributed by atoms with E-state index in [0.717, 1.165) is 32.4 Å². The number of likely N-dealkylation sites (tertiary alicyclic amines) is 1. The number of nitrogens with two attached hydrogens (primary N) is 1. The zero-order valence-corrected chi connectivity index (χ0v) is 9.74. The van der Waals surface area contributed by atoms with Crippen molar-refractivity contribution in [1.29, 1.82) is 0 Å². The minimum atomic E-state index is -0.124. The Labute approximate surface area is 91.8 Å². The first-order chi connectivity index (χ1) is 7.17. The van der Waals surface area contributed by atoms with Crippen molar-refractivity contribution in [2.45, 2.75) is 44.7 Å². The number of piperidine rings is 1. The Morgan fingerprint density at radius 1 is 1.67 bits per heavy atom. The minimum Gasteiger partial charge on any atom is -0.469 e. The van der Waals surface area contributed by atoms with E-state index in [0.29, 0.717) is 12.5 Å². The van der Waals surface area contributed by atoms with Gasteiger partial charge < -0.3 is 10.5 Å². The standard InChI is InChI=1S/C11H22N2O2/c1-3-10(7-11(14)15-2)13-6-4-5-9(12)8-13/h9-10H,3-8,12H2,1-2H3. The SMILES string of the molecule is CCC(CC(=O)OC)N1CCCC(N)C1. The summed E-state index contributed by atoms with van der Waals surface area (Å²) in [5.41, 5.74) is 5.92. The maximum atomic E-state index is 11.2. The van der Waals surface area contributed by atoms with Crippen molar-refractivity contribution in [3.63, 3.8) is 0 Å². The van der Waals surface area contributed by atoms with E-state index in [2.05, 4.69) is 11.8 Å². The molecule has 2 N–H and O–H groups in total. The van der Waals surface area contributed by atoms with Crippen LogP contribution in [0.1, 0.15) is 32.6 Å². The molecule has 4 nitrogen and oxygen atoms in total. The molecule has 15 heavy (non-hydrogen) atoms. The molecule has 0 aromatic carbocycles. The van der Waals surface area contributed by atoms with E-state index in [-0.39, 0.29) is 12.0 Å². The molecule has 1 fully saturated rings. The highest BCUT2D eigenvalue weighted by Crippen LogP contribution is 2.16. The van der Waals surface area contributed by atoms with Crippen LogP contribution in [0.25, 0.3) is 0 Å². The third kappa shape index (κ3) is 3.80. The van der Waals surface area contributed by atoms with E-state index in [1.807, 2.05) is 0 Å². The van der Waals surface area contributed by atoms with Gasteiger partial charge >= 0.3 is 5.97 Å². The summed E-state index contributed by atoms with van der Waals surface area (Å²) in [7, 11) is 1.44. The van der Waals surface area contributed by atoms with Crippen LogP contribution in [0.4, 0.5) is 0 Å². The van der Waals surface area contributed by atoms with Gasteiger partial charge in [-0.15, -0.1) is 0 Å². The number of rotatable bonds is 4. The molecule has 0 aliphatic carbocycles. The highest BCUT2D eigenvalue weighted by molar-refractivity contribution is 5.69. The lowest BCUT2D eigenvalue weighted by molar-refractivity contribution is -0.142. The molecular formula is C11H22N2O2. The normalized spacial score (nSPS) is 24.9. The summed E-state index contributed by atoms with van der Waals surface area (Å²) in [5, 5.41) is 0. The molecule has 0 aromatic heterocycles. The van der Waals surface area contributed by atoms with Crippen molar-refractivity contribution in [2.75, 3.05) is 20.2 Å². The fourth-order valence-corrected chi connectivity index (χ4v) is 2.18. The number of nitrogens with zero attached hydrogens (tertiary/aromatic N) is 1. The Kier molecular flexibility index (Phi) is 5.05. The smallest absolute Gasteiger partial charge is 0.307 e. The zero-order chi connectivity index (χ0) is 11.3. The van der Waals surface area contributed by atoms with Crippen LogP contribution in [0, 0.1) is 0 Å². The Hall–Kier alpha value is -0.610. The average molecular weight is 214 g/mol. The summed E-state index contributed by atoms with van der Waals surface area (Å²) in [5.74, 6) is -0.124. The van der Waals surface area contributed by atoms with Crippen LogP contribution in [0.3, 0.4) is 0 Å². The van der Waals surface area contributed by atoms with Gasteiger partial charge in [-0.3, -0.25) is 9.69 Å². The number of hydrogen-bond donors (Lipinski definition) is 1. The highest BCUT2D eigenvalue weighted by Gasteiger charge is 2.24. The molecule has 0 amide bonds. The Balaban J connectivity index is 2.45. The van der Waals surface area contributed by atoms with E-state index in [1.54, 1.807) is 0 Å². The van der Waals surface area contributed by atoms with Crippen molar-refractivity contribution in [1.82, 2.24) is 4.90 Å². The number of carbonyl (C=O) groups excluding carboxylic acids is 1. The summed E-state index contributed by atoms with van der Waals surface area (Å²) in [6, 6.07) is 0.564. The summed E-state index contributed by atoms with van der Waals surface area (Å²) in [6.07, 6.45) is 3.70.